The van der Waals surface area contributed by atoms with E-state index in [0.29, 0.717) is 18.3 Å². The first-order valence-corrected chi connectivity index (χ1v) is 7.48. The quantitative estimate of drug-likeness (QED) is 0.916. The fraction of sp³-hybridized carbons (Fsp3) is 0.467. The van der Waals surface area contributed by atoms with Crippen LogP contribution in [-0.4, -0.2) is 16.7 Å². The van der Waals surface area contributed by atoms with Crippen LogP contribution in [0.2, 0.25) is 0 Å². The summed E-state index contributed by atoms with van der Waals surface area (Å²) in [4.78, 5) is 4.49. The maximum absolute atomic E-state index is 5.85. The Bertz CT molecular complexity index is 557. The molecule has 1 aromatic carbocycles. The second-order valence-electron chi connectivity index (χ2n) is 6.16. The molecule has 2 aromatic rings. The van der Waals surface area contributed by atoms with Crippen molar-refractivity contribution in [1.82, 2.24) is 10.1 Å². The molecule has 0 aliphatic heterocycles. The highest BCUT2D eigenvalue weighted by Gasteiger charge is 2.24. The molecule has 108 valence electrons. The third-order valence-corrected chi connectivity index (χ3v) is 3.57. The molecular weight excluding hydrogens is 318 g/mol. The maximum atomic E-state index is 5.85. The Morgan fingerprint density at radius 1 is 1.25 bits per heavy atom. The van der Waals surface area contributed by atoms with Gasteiger partial charge in [0, 0.05) is 16.6 Å². The van der Waals surface area contributed by atoms with Crippen LogP contribution in [0.5, 0.6) is 0 Å². The van der Waals surface area contributed by atoms with Crippen molar-refractivity contribution < 1.29 is 4.52 Å². The van der Waals surface area contributed by atoms with E-state index in [9.17, 15) is 0 Å². The van der Waals surface area contributed by atoms with Crippen LogP contribution in [0.25, 0.3) is 11.4 Å². The molecule has 1 unspecified atom stereocenters. The minimum absolute atomic E-state index is 0.103. The minimum Gasteiger partial charge on any atom is -0.339 e. The summed E-state index contributed by atoms with van der Waals surface area (Å²) >= 11 is 3.41. The highest BCUT2D eigenvalue weighted by atomic mass is 79.9. The number of aromatic nitrogens is 2. The Balaban J connectivity index is 2.21. The van der Waals surface area contributed by atoms with E-state index in [2.05, 4.69) is 46.8 Å². The average Bonchev–Trinajstić information content (AvgIpc) is 2.85. The van der Waals surface area contributed by atoms with Crippen molar-refractivity contribution in [3.63, 3.8) is 0 Å². The maximum Gasteiger partial charge on any atom is 0.231 e. The Hall–Kier alpha value is -1.20. The van der Waals surface area contributed by atoms with Gasteiger partial charge in [-0.3, -0.25) is 0 Å². The molecular formula is C15H20BrN3O. The molecule has 5 heteroatoms. The molecule has 0 bridgehead atoms. The molecule has 1 aromatic heterocycles. The monoisotopic (exact) mass is 337 g/mol. The molecule has 0 aliphatic rings. The van der Waals surface area contributed by atoms with Crippen molar-refractivity contribution in [2.45, 2.75) is 33.1 Å². The van der Waals surface area contributed by atoms with Crippen LogP contribution in [-0.2, 0) is 0 Å². The summed E-state index contributed by atoms with van der Waals surface area (Å²) in [6.07, 6.45) is 0.922. The van der Waals surface area contributed by atoms with E-state index in [-0.39, 0.29) is 11.3 Å². The SMILES string of the molecule is CC(C)(C)CC(CN)c1nc(-c2ccc(Br)cc2)no1. The van der Waals surface area contributed by atoms with E-state index in [1.54, 1.807) is 0 Å². The number of nitrogens with two attached hydrogens (primary N) is 1. The third-order valence-electron chi connectivity index (χ3n) is 3.04. The minimum atomic E-state index is 0.103. The predicted molar refractivity (Wildman–Crippen MR) is 83.3 cm³/mol. The molecule has 0 aliphatic carbocycles. The highest BCUT2D eigenvalue weighted by Crippen LogP contribution is 2.30. The van der Waals surface area contributed by atoms with Crippen LogP contribution in [0.1, 0.15) is 39.0 Å². The Labute approximate surface area is 127 Å². The first kappa shape index (κ1) is 15.2. The largest absolute Gasteiger partial charge is 0.339 e. The fourth-order valence-corrected chi connectivity index (χ4v) is 2.39. The van der Waals surface area contributed by atoms with Crippen molar-refractivity contribution in [2.24, 2.45) is 11.1 Å². The van der Waals surface area contributed by atoms with Gasteiger partial charge in [-0.15, -0.1) is 0 Å². The van der Waals surface area contributed by atoms with Crippen molar-refractivity contribution >= 4 is 15.9 Å². The van der Waals surface area contributed by atoms with Crippen LogP contribution < -0.4 is 5.73 Å². The lowest BCUT2D eigenvalue weighted by molar-refractivity contribution is 0.287. The van der Waals surface area contributed by atoms with E-state index < -0.39 is 0 Å². The molecule has 0 amide bonds. The second-order valence-corrected chi connectivity index (χ2v) is 7.08. The summed E-state index contributed by atoms with van der Waals surface area (Å²) in [6, 6.07) is 7.84. The van der Waals surface area contributed by atoms with Gasteiger partial charge < -0.3 is 10.3 Å². The zero-order valence-electron chi connectivity index (χ0n) is 12.1. The Morgan fingerprint density at radius 3 is 2.45 bits per heavy atom. The Kier molecular flexibility index (Phi) is 4.60. The summed E-state index contributed by atoms with van der Waals surface area (Å²) in [7, 11) is 0. The Morgan fingerprint density at radius 2 is 1.90 bits per heavy atom. The molecule has 4 nitrogen and oxygen atoms in total. The number of rotatable bonds is 4. The normalized spacial score (nSPS) is 13.4. The highest BCUT2D eigenvalue weighted by molar-refractivity contribution is 9.10. The van der Waals surface area contributed by atoms with Crippen molar-refractivity contribution in [2.75, 3.05) is 6.54 Å². The second kappa shape index (κ2) is 6.06. The smallest absolute Gasteiger partial charge is 0.231 e. The van der Waals surface area contributed by atoms with Crippen LogP contribution in [0.4, 0.5) is 0 Å². The van der Waals surface area contributed by atoms with Crippen LogP contribution >= 0.6 is 15.9 Å². The van der Waals surface area contributed by atoms with Crippen LogP contribution in [0, 0.1) is 5.41 Å². The van der Waals surface area contributed by atoms with Gasteiger partial charge in [0.05, 0.1) is 5.92 Å². The number of hydrogen-bond acceptors (Lipinski definition) is 4. The first-order chi connectivity index (χ1) is 9.39. The standard InChI is InChI=1S/C15H20BrN3O/c1-15(2,3)8-11(9-17)14-18-13(19-20-14)10-4-6-12(16)7-5-10/h4-7,11H,8-9,17H2,1-3H3. The lowest BCUT2D eigenvalue weighted by Crippen LogP contribution is -2.19. The van der Waals surface area contributed by atoms with E-state index >= 15 is 0 Å². The number of nitrogens with zero attached hydrogens (tertiary/aromatic N) is 2. The van der Waals surface area contributed by atoms with Gasteiger partial charge >= 0.3 is 0 Å². The van der Waals surface area contributed by atoms with Crippen LogP contribution in [0.3, 0.4) is 0 Å². The van der Waals surface area contributed by atoms with Crippen molar-refractivity contribution in [3.05, 3.63) is 34.6 Å². The summed E-state index contributed by atoms with van der Waals surface area (Å²) in [5.41, 5.74) is 6.96. The topological polar surface area (TPSA) is 64.9 Å². The molecule has 2 N–H and O–H groups in total. The fourth-order valence-electron chi connectivity index (χ4n) is 2.13. The molecule has 2 rings (SSSR count). The third kappa shape index (κ3) is 3.90. The lowest BCUT2D eigenvalue weighted by atomic mass is 9.84. The van der Waals surface area contributed by atoms with Gasteiger partial charge in [0.15, 0.2) is 0 Å². The summed E-state index contributed by atoms with van der Waals surface area (Å²) in [5.74, 6) is 1.34. The van der Waals surface area contributed by atoms with Crippen molar-refractivity contribution in [1.29, 1.82) is 0 Å². The van der Waals surface area contributed by atoms with Gasteiger partial charge in [0.2, 0.25) is 11.7 Å². The summed E-state index contributed by atoms with van der Waals surface area (Å²) in [5, 5.41) is 4.06. The van der Waals surface area contributed by atoms with Crippen LogP contribution in [0.15, 0.2) is 33.3 Å². The number of halogens is 1. The van der Waals surface area contributed by atoms with Gasteiger partial charge in [-0.2, -0.15) is 4.98 Å². The van der Waals surface area contributed by atoms with Gasteiger partial charge in [0.1, 0.15) is 0 Å². The average molecular weight is 338 g/mol. The predicted octanol–water partition coefficient (Wildman–Crippen LogP) is 3.98. The zero-order chi connectivity index (χ0) is 14.8. The van der Waals surface area contributed by atoms with E-state index in [1.165, 1.54) is 0 Å². The van der Waals surface area contributed by atoms with Gasteiger partial charge in [0.25, 0.3) is 0 Å². The molecule has 0 saturated heterocycles. The summed E-state index contributed by atoms with van der Waals surface area (Å²) in [6.45, 7) is 7.06. The molecule has 0 radical (unpaired) electrons. The molecule has 1 heterocycles. The van der Waals surface area contributed by atoms with E-state index in [1.807, 2.05) is 24.3 Å². The number of benzene rings is 1. The van der Waals surface area contributed by atoms with E-state index in [4.69, 9.17) is 10.3 Å². The molecule has 1 atom stereocenters. The van der Waals surface area contributed by atoms with Gasteiger partial charge in [-0.05, 0) is 36.1 Å². The van der Waals surface area contributed by atoms with Gasteiger partial charge in [-0.25, -0.2) is 0 Å². The van der Waals surface area contributed by atoms with Gasteiger partial charge in [-0.1, -0.05) is 41.9 Å². The molecule has 0 fully saturated rings. The number of hydrogen-bond donors (Lipinski definition) is 1. The molecule has 0 spiro atoms. The van der Waals surface area contributed by atoms with E-state index in [0.717, 1.165) is 16.5 Å². The zero-order valence-corrected chi connectivity index (χ0v) is 13.6. The summed E-state index contributed by atoms with van der Waals surface area (Å²) < 4.78 is 6.42. The molecule has 0 saturated carbocycles. The molecule has 20 heavy (non-hydrogen) atoms. The van der Waals surface area contributed by atoms with Crippen molar-refractivity contribution in [3.8, 4) is 11.4 Å². The lowest BCUT2D eigenvalue weighted by Gasteiger charge is -2.22. The first-order valence-electron chi connectivity index (χ1n) is 6.68.